The number of carbonyl (C=O) groups is 4. The predicted octanol–water partition coefficient (Wildman–Crippen LogP) is 6.50. The lowest BCUT2D eigenvalue weighted by molar-refractivity contribution is -0.232. The Morgan fingerprint density at radius 2 is 1.57 bits per heavy atom. The average molecular weight is 710 g/mol. The fraction of sp³-hybridized carbons (Fsp3) is 0.857. The molecule has 0 aromatic carbocycles. The van der Waals surface area contributed by atoms with E-state index < -0.39 is 22.9 Å². The molecule has 0 aromatic rings. The molecule has 6 rings (SSSR count). The third-order valence-corrected chi connectivity index (χ3v) is 16.2. The quantitative estimate of drug-likeness (QED) is 0.275. The zero-order valence-corrected chi connectivity index (χ0v) is 33.4. The van der Waals surface area contributed by atoms with Crippen LogP contribution in [0.25, 0.3) is 0 Å². The minimum atomic E-state index is -1.16. The number of piperazine rings is 1. The summed E-state index contributed by atoms with van der Waals surface area (Å²) in [5, 5.41) is 13.2. The first-order chi connectivity index (χ1) is 23.6. The standard InChI is InChI=1S/C42H67N3O6/c1-26(2)34-28(46)23-42(43-32(47)25-45-21-19-44(10)20-22-45)18-17-40(8)27(35(34)42)11-12-30-39(7)15-14-31(51-33(48)24-37(3,4)36(49)50)38(5,6)29(39)13-16-41(30,40)9/h26-27,29-31H,11-25H2,1-10H3,(H,43,47)(H,49,50)/t27-,29+,30-,31+,39+,40-,41-,42-/m1/s1. The molecule has 6 aliphatic rings. The Kier molecular flexibility index (Phi) is 9.77. The normalized spacial score (nSPS) is 39.9. The minimum absolute atomic E-state index is 0.00839. The number of hydrogen-bond donors (Lipinski definition) is 2. The van der Waals surface area contributed by atoms with Gasteiger partial charge in [-0.3, -0.25) is 24.1 Å². The first-order valence-corrected chi connectivity index (χ1v) is 20.0. The maximum absolute atomic E-state index is 14.0. The molecule has 5 fully saturated rings. The van der Waals surface area contributed by atoms with Crippen molar-refractivity contribution in [3.63, 3.8) is 0 Å². The Morgan fingerprint density at radius 3 is 2.20 bits per heavy atom. The molecule has 5 aliphatic carbocycles. The summed E-state index contributed by atoms with van der Waals surface area (Å²) in [5.74, 6) is 0.110. The molecule has 0 aromatic heterocycles. The van der Waals surface area contributed by atoms with Crippen molar-refractivity contribution in [2.75, 3.05) is 39.8 Å². The number of aliphatic carboxylic acids is 1. The number of esters is 1. The number of likely N-dealkylation sites (N-methyl/N-ethyl adjacent to an activating group) is 1. The minimum Gasteiger partial charge on any atom is -0.481 e. The molecule has 1 saturated heterocycles. The highest BCUT2D eigenvalue weighted by atomic mass is 16.5. The van der Waals surface area contributed by atoms with Gasteiger partial charge < -0.3 is 20.1 Å². The van der Waals surface area contributed by atoms with Gasteiger partial charge in [-0.25, -0.2) is 0 Å². The second-order valence-electron chi connectivity index (χ2n) is 20.1. The number of carboxylic acid groups (broad SMARTS) is 1. The molecule has 2 N–H and O–H groups in total. The molecular weight excluding hydrogens is 642 g/mol. The van der Waals surface area contributed by atoms with E-state index >= 15 is 0 Å². The van der Waals surface area contributed by atoms with Gasteiger partial charge >= 0.3 is 11.9 Å². The molecule has 9 heteroatoms. The van der Waals surface area contributed by atoms with Gasteiger partial charge in [0.2, 0.25) is 5.91 Å². The zero-order valence-electron chi connectivity index (χ0n) is 33.4. The van der Waals surface area contributed by atoms with Crippen LogP contribution in [0.4, 0.5) is 0 Å². The van der Waals surface area contributed by atoms with E-state index in [9.17, 15) is 24.3 Å². The van der Waals surface area contributed by atoms with Crippen molar-refractivity contribution in [2.24, 2.45) is 50.7 Å². The van der Waals surface area contributed by atoms with Gasteiger partial charge in [-0.2, -0.15) is 0 Å². The van der Waals surface area contributed by atoms with E-state index in [1.165, 1.54) is 5.57 Å². The van der Waals surface area contributed by atoms with Gasteiger partial charge in [-0.05, 0) is 123 Å². The summed E-state index contributed by atoms with van der Waals surface area (Å²) < 4.78 is 6.16. The van der Waals surface area contributed by atoms with E-state index in [4.69, 9.17) is 4.74 Å². The number of hydrogen-bond acceptors (Lipinski definition) is 7. The number of Topliss-reactive ketones (excluding diaryl/α,β-unsaturated/α-hetero) is 1. The molecule has 0 spiro atoms. The van der Waals surface area contributed by atoms with Crippen LogP contribution in [-0.4, -0.2) is 89.9 Å². The third-order valence-electron chi connectivity index (χ3n) is 16.2. The van der Waals surface area contributed by atoms with Crippen LogP contribution in [0.2, 0.25) is 0 Å². The van der Waals surface area contributed by atoms with Crippen LogP contribution < -0.4 is 5.32 Å². The maximum Gasteiger partial charge on any atom is 0.309 e. The highest BCUT2D eigenvalue weighted by molar-refractivity contribution is 6.02. The second kappa shape index (κ2) is 13.0. The van der Waals surface area contributed by atoms with E-state index in [1.807, 2.05) is 0 Å². The van der Waals surface area contributed by atoms with Crippen LogP contribution in [0.3, 0.4) is 0 Å². The van der Waals surface area contributed by atoms with Crippen molar-refractivity contribution in [2.45, 2.75) is 138 Å². The predicted molar refractivity (Wildman–Crippen MR) is 198 cm³/mol. The molecule has 9 nitrogen and oxygen atoms in total. The topological polar surface area (TPSA) is 116 Å². The first kappa shape index (κ1) is 38.5. The van der Waals surface area contributed by atoms with Gasteiger partial charge in [0.1, 0.15) is 6.10 Å². The number of carbonyl (C=O) groups excluding carboxylic acids is 3. The highest BCUT2D eigenvalue weighted by Crippen LogP contribution is 2.76. The fourth-order valence-corrected chi connectivity index (χ4v) is 13.1. The Balaban J connectivity index is 1.26. The zero-order chi connectivity index (χ0) is 37.5. The Bertz CT molecular complexity index is 1480. The lowest BCUT2D eigenvalue weighted by atomic mass is 9.33. The van der Waals surface area contributed by atoms with Crippen molar-refractivity contribution >= 4 is 23.6 Å². The van der Waals surface area contributed by atoms with Crippen LogP contribution in [-0.2, 0) is 23.9 Å². The van der Waals surface area contributed by atoms with Gasteiger partial charge in [0.15, 0.2) is 5.78 Å². The van der Waals surface area contributed by atoms with Gasteiger partial charge in [0, 0.05) is 38.0 Å². The number of nitrogens with one attached hydrogen (secondary N) is 1. The number of fused-ring (bicyclic) bond motifs is 7. The van der Waals surface area contributed by atoms with Crippen LogP contribution in [0.15, 0.2) is 11.1 Å². The summed E-state index contributed by atoms with van der Waals surface area (Å²) in [6.07, 6.45) is 7.84. The van der Waals surface area contributed by atoms with Crippen molar-refractivity contribution in [1.82, 2.24) is 15.1 Å². The first-order valence-electron chi connectivity index (χ1n) is 20.0. The Labute approximate surface area is 307 Å². The average Bonchev–Trinajstić information content (AvgIpc) is 3.31. The van der Waals surface area contributed by atoms with Gasteiger partial charge in [0.25, 0.3) is 0 Å². The molecule has 1 heterocycles. The Morgan fingerprint density at radius 1 is 0.902 bits per heavy atom. The Hall–Kier alpha value is -2.26. The summed E-state index contributed by atoms with van der Waals surface area (Å²) in [4.78, 5) is 57.1. The SMILES string of the molecule is CC(C)C1=C2[C@H]3CC[C@@H]4[C@@]5(C)CC[C@H](OC(=O)CC(C)(C)C(=O)O)C(C)(C)[C@@H]5CC[C@@]4(C)[C@]3(C)CC[C@@]2(NC(=O)CN2CCN(C)CC2)CC1=O. The van der Waals surface area contributed by atoms with E-state index in [2.05, 4.69) is 70.6 Å². The van der Waals surface area contributed by atoms with Crippen molar-refractivity contribution in [1.29, 1.82) is 0 Å². The van der Waals surface area contributed by atoms with E-state index in [0.29, 0.717) is 24.8 Å². The summed E-state index contributed by atoms with van der Waals surface area (Å²) in [6.45, 7) is 23.7. The molecule has 0 bridgehead atoms. The number of ketones is 1. The molecule has 51 heavy (non-hydrogen) atoms. The molecule has 286 valence electrons. The summed E-state index contributed by atoms with van der Waals surface area (Å²) in [5.41, 5.74) is 0.404. The van der Waals surface area contributed by atoms with E-state index in [1.54, 1.807) is 13.8 Å². The van der Waals surface area contributed by atoms with Gasteiger partial charge in [-0.1, -0.05) is 48.5 Å². The van der Waals surface area contributed by atoms with Crippen LogP contribution >= 0.6 is 0 Å². The summed E-state index contributed by atoms with van der Waals surface area (Å²) >= 11 is 0. The fourth-order valence-electron chi connectivity index (χ4n) is 13.1. The largest absolute Gasteiger partial charge is 0.481 e. The second-order valence-corrected chi connectivity index (χ2v) is 20.1. The third kappa shape index (κ3) is 6.12. The van der Waals surface area contributed by atoms with Crippen LogP contribution in [0.5, 0.6) is 0 Å². The van der Waals surface area contributed by atoms with E-state index in [0.717, 1.165) is 83.1 Å². The maximum atomic E-state index is 14.0. The summed E-state index contributed by atoms with van der Waals surface area (Å²) in [7, 11) is 2.13. The number of carboxylic acids is 1. The molecule has 4 saturated carbocycles. The monoisotopic (exact) mass is 710 g/mol. The lowest BCUT2D eigenvalue weighted by Crippen LogP contribution is -2.67. The smallest absolute Gasteiger partial charge is 0.309 e. The van der Waals surface area contributed by atoms with Crippen molar-refractivity contribution < 1.29 is 29.0 Å². The lowest BCUT2D eigenvalue weighted by Gasteiger charge is -2.72. The van der Waals surface area contributed by atoms with Gasteiger partial charge in [-0.15, -0.1) is 0 Å². The number of allylic oxidation sites excluding steroid dienone is 1. The number of amides is 1. The molecule has 0 radical (unpaired) electrons. The van der Waals surface area contributed by atoms with Crippen molar-refractivity contribution in [3.05, 3.63) is 11.1 Å². The van der Waals surface area contributed by atoms with Crippen LogP contribution in [0.1, 0.15) is 127 Å². The van der Waals surface area contributed by atoms with Gasteiger partial charge in [0.05, 0.1) is 23.9 Å². The highest BCUT2D eigenvalue weighted by Gasteiger charge is 2.70. The molecular formula is C42H67N3O6. The summed E-state index contributed by atoms with van der Waals surface area (Å²) in [6, 6.07) is 0. The number of ether oxygens (including phenoxy) is 1. The number of rotatable bonds is 8. The van der Waals surface area contributed by atoms with E-state index in [-0.39, 0.29) is 57.7 Å². The molecule has 8 atom stereocenters. The molecule has 1 amide bonds. The molecule has 0 unspecified atom stereocenters. The molecule has 1 aliphatic heterocycles. The van der Waals surface area contributed by atoms with Crippen LogP contribution in [0, 0.1) is 50.7 Å². The van der Waals surface area contributed by atoms with Crippen molar-refractivity contribution in [3.8, 4) is 0 Å². The number of nitrogens with zero attached hydrogens (tertiary/aromatic N) is 2.